The quantitative estimate of drug-likeness (QED) is 0.904. The van der Waals surface area contributed by atoms with Gasteiger partial charge in [0.15, 0.2) is 11.5 Å². The lowest BCUT2D eigenvalue weighted by Gasteiger charge is -2.20. The monoisotopic (exact) mass is 261 g/mol. The van der Waals surface area contributed by atoms with Gasteiger partial charge in [0.2, 0.25) is 0 Å². The summed E-state index contributed by atoms with van der Waals surface area (Å²) in [6.07, 6.45) is 0. The fourth-order valence-electron chi connectivity index (χ4n) is 2.11. The third kappa shape index (κ3) is 1.98. The summed E-state index contributed by atoms with van der Waals surface area (Å²) in [5, 5.41) is 2.07. The van der Waals surface area contributed by atoms with Crippen molar-refractivity contribution in [1.82, 2.24) is 0 Å². The zero-order chi connectivity index (χ0) is 12.5. The molecule has 1 unspecified atom stereocenters. The van der Waals surface area contributed by atoms with Crippen LogP contribution in [0.3, 0.4) is 0 Å². The van der Waals surface area contributed by atoms with Gasteiger partial charge >= 0.3 is 0 Å². The van der Waals surface area contributed by atoms with Gasteiger partial charge in [-0.25, -0.2) is 0 Å². The first kappa shape index (κ1) is 11.6. The highest BCUT2D eigenvalue weighted by Gasteiger charge is 2.17. The Labute approximate surface area is 110 Å². The second kappa shape index (κ2) is 4.63. The minimum Gasteiger partial charge on any atom is -0.486 e. The molecule has 1 aliphatic heterocycles. The molecule has 1 atom stereocenters. The minimum absolute atomic E-state index is 0.0965. The molecular weight excluding hydrogens is 246 g/mol. The summed E-state index contributed by atoms with van der Waals surface area (Å²) in [5.74, 6) is 1.60. The lowest BCUT2D eigenvalue weighted by molar-refractivity contribution is 0.171. The van der Waals surface area contributed by atoms with E-state index in [1.807, 2.05) is 18.2 Å². The first-order chi connectivity index (χ1) is 8.75. The molecule has 0 amide bonds. The molecule has 1 aliphatic rings. The van der Waals surface area contributed by atoms with E-state index in [0.29, 0.717) is 13.2 Å². The van der Waals surface area contributed by atoms with Gasteiger partial charge in [-0.1, -0.05) is 6.07 Å². The fraction of sp³-hybridized carbons (Fsp3) is 0.286. The summed E-state index contributed by atoms with van der Waals surface area (Å²) in [7, 11) is 0. The topological polar surface area (TPSA) is 44.5 Å². The van der Waals surface area contributed by atoms with E-state index < -0.39 is 0 Å². The molecule has 2 heterocycles. The molecule has 4 heteroatoms. The fourth-order valence-corrected chi connectivity index (χ4v) is 3.06. The Bertz CT molecular complexity index is 565. The highest BCUT2D eigenvalue weighted by Crippen LogP contribution is 2.35. The number of benzene rings is 1. The number of rotatable bonds is 2. The Balaban J connectivity index is 1.95. The highest BCUT2D eigenvalue weighted by atomic mass is 32.1. The lowest BCUT2D eigenvalue weighted by Crippen LogP contribution is -2.17. The molecule has 0 bridgehead atoms. The van der Waals surface area contributed by atoms with Crippen LogP contribution < -0.4 is 15.2 Å². The first-order valence-corrected chi connectivity index (χ1v) is 6.83. The molecule has 3 nitrogen and oxygen atoms in total. The summed E-state index contributed by atoms with van der Waals surface area (Å²) in [6.45, 7) is 3.30. The standard InChI is InChI=1S/C14H15NO2S/c1-9-4-7-18-14(9)13(15)10-2-3-11-12(8-10)17-6-5-16-11/h2-4,7-8,13H,5-6,15H2,1H3. The van der Waals surface area contributed by atoms with E-state index in [1.54, 1.807) is 11.3 Å². The molecule has 1 aromatic carbocycles. The average Bonchev–Trinajstić information content (AvgIpc) is 2.83. The van der Waals surface area contributed by atoms with E-state index in [0.717, 1.165) is 17.1 Å². The van der Waals surface area contributed by atoms with Gasteiger partial charge in [-0.05, 0) is 41.6 Å². The number of ether oxygens (including phenoxy) is 2. The van der Waals surface area contributed by atoms with E-state index >= 15 is 0 Å². The smallest absolute Gasteiger partial charge is 0.161 e. The Morgan fingerprint density at radius 1 is 1.17 bits per heavy atom. The molecule has 0 saturated carbocycles. The van der Waals surface area contributed by atoms with Crippen LogP contribution in [0.4, 0.5) is 0 Å². The molecule has 0 spiro atoms. The highest BCUT2D eigenvalue weighted by molar-refractivity contribution is 7.10. The maximum Gasteiger partial charge on any atom is 0.161 e. The van der Waals surface area contributed by atoms with Crippen molar-refractivity contribution in [3.05, 3.63) is 45.6 Å². The second-order valence-corrected chi connectivity index (χ2v) is 5.30. The van der Waals surface area contributed by atoms with E-state index in [9.17, 15) is 0 Å². The van der Waals surface area contributed by atoms with E-state index in [1.165, 1.54) is 10.4 Å². The summed E-state index contributed by atoms with van der Waals surface area (Å²) >= 11 is 1.69. The van der Waals surface area contributed by atoms with Crippen molar-refractivity contribution in [3.8, 4) is 11.5 Å². The van der Waals surface area contributed by atoms with Crippen molar-refractivity contribution in [2.24, 2.45) is 5.73 Å². The van der Waals surface area contributed by atoms with E-state index in [-0.39, 0.29) is 6.04 Å². The molecule has 0 radical (unpaired) electrons. The number of hydrogen-bond acceptors (Lipinski definition) is 4. The lowest BCUT2D eigenvalue weighted by atomic mass is 10.0. The van der Waals surface area contributed by atoms with Gasteiger partial charge in [-0.15, -0.1) is 11.3 Å². The van der Waals surface area contributed by atoms with Gasteiger partial charge in [0.05, 0.1) is 6.04 Å². The predicted octanol–water partition coefficient (Wildman–Crippen LogP) is 2.88. The Hall–Kier alpha value is -1.52. The van der Waals surface area contributed by atoms with Crippen LogP contribution in [0.15, 0.2) is 29.6 Å². The first-order valence-electron chi connectivity index (χ1n) is 5.95. The molecule has 2 N–H and O–H groups in total. The molecule has 94 valence electrons. The molecule has 1 aromatic heterocycles. The van der Waals surface area contributed by atoms with Crippen LogP contribution in [0.2, 0.25) is 0 Å². The average molecular weight is 261 g/mol. The summed E-state index contributed by atoms with van der Waals surface area (Å²) < 4.78 is 11.1. The van der Waals surface area contributed by atoms with Gasteiger partial charge in [-0.3, -0.25) is 0 Å². The molecule has 18 heavy (non-hydrogen) atoms. The molecule has 0 saturated heterocycles. The van der Waals surface area contributed by atoms with Crippen molar-refractivity contribution < 1.29 is 9.47 Å². The normalized spacial score (nSPS) is 15.4. The molecular formula is C14H15NO2S. The number of hydrogen-bond donors (Lipinski definition) is 1. The third-order valence-corrected chi connectivity index (χ3v) is 4.21. The zero-order valence-electron chi connectivity index (χ0n) is 10.2. The molecule has 0 fully saturated rings. The predicted molar refractivity (Wildman–Crippen MR) is 72.5 cm³/mol. The van der Waals surface area contributed by atoms with Crippen LogP contribution in [0.25, 0.3) is 0 Å². The summed E-state index contributed by atoms with van der Waals surface area (Å²) in [4.78, 5) is 1.20. The zero-order valence-corrected chi connectivity index (χ0v) is 11.0. The summed E-state index contributed by atoms with van der Waals surface area (Å²) in [5.41, 5.74) is 8.61. The van der Waals surface area contributed by atoms with Gasteiger partial charge in [0.1, 0.15) is 13.2 Å². The maximum atomic E-state index is 6.31. The van der Waals surface area contributed by atoms with Crippen molar-refractivity contribution in [1.29, 1.82) is 0 Å². The van der Waals surface area contributed by atoms with E-state index in [4.69, 9.17) is 15.2 Å². The minimum atomic E-state index is -0.0965. The Morgan fingerprint density at radius 2 is 1.94 bits per heavy atom. The number of nitrogens with two attached hydrogens (primary N) is 1. The van der Waals surface area contributed by atoms with Crippen molar-refractivity contribution >= 4 is 11.3 Å². The Morgan fingerprint density at radius 3 is 2.67 bits per heavy atom. The van der Waals surface area contributed by atoms with Crippen LogP contribution in [-0.2, 0) is 0 Å². The SMILES string of the molecule is Cc1ccsc1C(N)c1ccc2c(c1)OCCO2. The second-order valence-electron chi connectivity index (χ2n) is 4.35. The maximum absolute atomic E-state index is 6.31. The van der Waals surface area contributed by atoms with Gasteiger partial charge in [0.25, 0.3) is 0 Å². The molecule has 2 aromatic rings. The van der Waals surface area contributed by atoms with Crippen LogP contribution in [0, 0.1) is 6.92 Å². The molecule has 0 aliphatic carbocycles. The van der Waals surface area contributed by atoms with Gasteiger partial charge < -0.3 is 15.2 Å². The van der Waals surface area contributed by atoms with Crippen LogP contribution in [0.1, 0.15) is 22.0 Å². The summed E-state index contributed by atoms with van der Waals surface area (Å²) in [6, 6.07) is 7.93. The van der Waals surface area contributed by atoms with Crippen LogP contribution in [-0.4, -0.2) is 13.2 Å². The molecule has 3 rings (SSSR count). The largest absolute Gasteiger partial charge is 0.486 e. The van der Waals surface area contributed by atoms with Crippen molar-refractivity contribution in [2.75, 3.05) is 13.2 Å². The van der Waals surface area contributed by atoms with Crippen molar-refractivity contribution in [2.45, 2.75) is 13.0 Å². The van der Waals surface area contributed by atoms with Crippen molar-refractivity contribution in [3.63, 3.8) is 0 Å². The number of aryl methyl sites for hydroxylation is 1. The van der Waals surface area contributed by atoms with Crippen LogP contribution in [0.5, 0.6) is 11.5 Å². The van der Waals surface area contributed by atoms with Gasteiger partial charge in [-0.2, -0.15) is 0 Å². The van der Waals surface area contributed by atoms with Crippen LogP contribution >= 0.6 is 11.3 Å². The van der Waals surface area contributed by atoms with E-state index in [2.05, 4.69) is 18.4 Å². The Kier molecular flexibility index (Phi) is 2.97. The van der Waals surface area contributed by atoms with Gasteiger partial charge in [0, 0.05) is 4.88 Å². The number of fused-ring (bicyclic) bond motifs is 1. The third-order valence-electron chi connectivity index (χ3n) is 3.11. The number of thiophene rings is 1.